The highest BCUT2D eigenvalue weighted by Crippen LogP contribution is 2.16. The fraction of sp³-hybridized carbons (Fsp3) is 0.800. The minimum Gasteiger partial charge on any atom is -0.480 e. The quantitative estimate of drug-likeness (QED) is 0.623. The van der Waals surface area contributed by atoms with Crippen LogP contribution >= 0.6 is 0 Å². The Morgan fingerprint density at radius 2 is 1.67 bits per heavy atom. The summed E-state index contributed by atoms with van der Waals surface area (Å²) in [6, 6.07) is 0. The van der Waals surface area contributed by atoms with Crippen LogP contribution in [-0.4, -0.2) is 28.1 Å². The van der Waals surface area contributed by atoms with E-state index >= 15 is 0 Å². The summed E-state index contributed by atoms with van der Waals surface area (Å²) < 4.78 is 0. The van der Waals surface area contributed by atoms with Gasteiger partial charge >= 0.3 is 5.97 Å². The molecule has 88 valence electrons. The number of carbonyl (C=O) groups is 2. The molecule has 0 atom stereocenters. The van der Waals surface area contributed by atoms with E-state index in [0.717, 1.165) is 0 Å². The van der Waals surface area contributed by atoms with Crippen molar-refractivity contribution >= 4 is 11.9 Å². The number of rotatable bonds is 5. The van der Waals surface area contributed by atoms with Crippen LogP contribution < -0.4 is 11.1 Å². The fourth-order valence-electron chi connectivity index (χ4n) is 1.16. The first-order valence-electron chi connectivity index (χ1n) is 5.04. The third-order valence-corrected chi connectivity index (χ3v) is 2.55. The third-order valence-electron chi connectivity index (χ3n) is 2.55. The average Bonchev–Trinajstić information content (AvgIpc) is 2.11. The highest BCUT2D eigenvalue weighted by molar-refractivity contribution is 5.91. The molecule has 0 radical (unpaired) electrons. The van der Waals surface area contributed by atoms with E-state index in [1.165, 1.54) is 0 Å². The van der Waals surface area contributed by atoms with Crippen LogP contribution in [0.4, 0.5) is 0 Å². The van der Waals surface area contributed by atoms with Crippen LogP contribution in [0.15, 0.2) is 0 Å². The highest BCUT2D eigenvalue weighted by Gasteiger charge is 2.39. The molecule has 0 heterocycles. The first-order valence-corrected chi connectivity index (χ1v) is 5.04. The minimum atomic E-state index is -1.20. The highest BCUT2D eigenvalue weighted by atomic mass is 16.4. The number of nitrogens with one attached hydrogen (secondary N) is 1. The number of nitrogens with two attached hydrogens (primary N) is 1. The van der Waals surface area contributed by atoms with Gasteiger partial charge < -0.3 is 16.2 Å². The summed E-state index contributed by atoms with van der Waals surface area (Å²) in [6.45, 7) is 6.53. The Bertz CT molecular complexity index is 252. The fourth-order valence-corrected chi connectivity index (χ4v) is 1.16. The molecule has 0 aliphatic rings. The normalized spacial score (nSPS) is 12.3. The smallest absolute Gasteiger partial charge is 0.329 e. The molecule has 0 rings (SSSR count). The van der Waals surface area contributed by atoms with E-state index in [0.29, 0.717) is 12.8 Å². The Hall–Kier alpha value is -1.10. The van der Waals surface area contributed by atoms with Crippen molar-refractivity contribution in [3.05, 3.63) is 0 Å². The molecular formula is C10H20N2O3. The second-order valence-electron chi connectivity index (χ2n) is 4.27. The Kier molecular flexibility index (Phi) is 4.27. The van der Waals surface area contributed by atoms with Crippen molar-refractivity contribution in [3.63, 3.8) is 0 Å². The van der Waals surface area contributed by atoms with E-state index < -0.39 is 23.0 Å². The number of carboxylic acids is 1. The lowest BCUT2D eigenvalue weighted by atomic mass is 9.91. The maximum atomic E-state index is 11.6. The zero-order valence-corrected chi connectivity index (χ0v) is 9.76. The first-order chi connectivity index (χ1) is 6.69. The summed E-state index contributed by atoms with van der Waals surface area (Å²) in [5.74, 6) is -1.47. The van der Waals surface area contributed by atoms with Gasteiger partial charge in [-0.1, -0.05) is 13.8 Å². The SMILES string of the molecule is CCC(CC)(NC(=O)C(C)(C)N)C(=O)O. The second kappa shape index (κ2) is 4.61. The minimum absolute atomic E-state index is 0.334. The number of aliphatic carboxylic acids is 1. The van der Waals surface area contributed by atoms with E-state index in [2.05, 4.69) is 5.32 Å². The van der Waals surface area contributed by atoms with Gasteiger partial charge in [-0.3, -0.25) is 4.79 Å². The van der Waals surface area contributed by atoms with Crippen molar-refractivity contribution in [2.45, 2.75) is 51.6 Å². The van der Waals surface area contributed by atoms with Crippen molar-refractivity contribution in [1.82, 2.24) is 5.32 Å². The van der Waals surface area contributed by atoms with Crippen LogP contribution in [0.3, 0.4) is 0 Å². The van der Waals surface area contributed by atoms with Crippen molar-refractivity contribution in [1.29, 1.82) is 0 Å². The standard InChI is InChI=1S/C10H20N2O3/c1-5-10(6-2,8(14)15)12-7(13)9(3,4)11/h5-6,11H2,1-4H3,(H,12,13)(H,14,15). The Morgan fingerprint density at radius 1 is 1.27 bits per heavy atom. The van der Waals surface area contributed by atoms with Crippen LogP contribution in [0.25, 0.3) is 0 Å². The lowest BCUT2D eigenvalue weighted by Gasteiger charge is -2.31. The average molecular weight is 216 g/mol. The molecule has 0 unspecified atom stereocenters. The molecule has 5 heteroatoms. The summed E-state index contributed by atoms with van der Waals surface area (Å²) in [4.78, 5) is 22.7. The second-order valence-corrected chi connectivity index (χ2v) is 4.27. The van der Waals surface area contributed by atoms with Gasteiger partial charge in [0.25, 0.3) is 0 Å². The van der Waals surface area contributed by atoms with Crippen LogP contribution in [-0.2, 0) is 9.59 Å². The van der Waals surface area contributed by atoms with Gasteiger partial charge in [0.1, 0.15) is 5.54 Å². The van der Waals surface area contributed by atoms with E-state index in [1.807, 2.05) is 0 Å². The predicted octanol–water partition coefficient (Wildman–Crippen LogP) is 0.483. The molecule has 0 saturated heterocycles. The summed E-state index contributed by atoms with van der Waals surface area (Å²) in [5.41, 5.74) is 3.33. The summed E-state index contributed by atoms with van der Waals surface area (Å²) >= 11 is 0. The Morgan fingerprint density at radius 3 is 1.87 bits per heavy atom. The van der Waals surface area contributed by atoms with Gasteiger partial charge in [-0.25, -0.2) is 4.79 Å². The van der Waals surface area contributed by atoms with Crippen LogP contribution in [0.2, 0.25) is 0 Å². The van der Waals surface area contributed by atoms with E-state index in [4.69, 9.17) is 10.8 Å². The van der Waals surface area contributed by atoms with Gasteiger partial charge in [0, 0.05) is 0 Å². The molecule has 0 aliphatic heterocycles. The number of amides is 1. The van der Waals surface area contributed by atoms with Gasteiger partial charge in [-0.15, -0.1) is 0 Å². The van der Waals surface area contributed by atoms with Gasteiger partial charge in [-0.2, -0.15) is 0 Å². The van der Waals surface area contributed by atoms with Crippen molar-refractivity contribution in [3.8, 4) is 0 Å². The molecular weight excluding hydrogens is 196 g/mol. The zero-order chi connectivity index (χ0) is 12.3. The van der Waals surface area contributed by atoms with Crippen LogP contribution in [0.1, 0.15) is 40.5 Å². The number of hydrogen-bond donors (Lipinski definition) is 3. The molecule has 0 aromatic rings. The molecule has 15 heavy (non-hydrogen) atoms. The Balaban J connectivity index is 4.85. The van der Waals surface area contributed by atoms with Gasteiger partial charge in [0.05, 0.1) is 5.54 Å². The van der Waals surface area contributed by atoms with Gasteiger partial charge in [-0.05, 0) is 26.7 Å². The molecule has 0 spiro atoms. The van der Waals surface area contributed by atoms with E-state index in [-0.39, 0.29) is 0 Å². The molecule has 0 saturated carbocycles. The van der Waals surface area contributed by atoms with Crippen molar-refractivity contribution in [2.24, 2.45) is 5.73 Å². The summed E-state index contributed by atoms with van der Waals surface area (Å²) in [7, 11) is 0. The number of hydrogen-bond acceptors (Lipinski definition) is 3. The van der Waals surface area contributed by atoms with E-state index in [1.54, 1.807) is 27.7 Å². The predicted molar refractivity (Wildman–Crippen MR) is 57.4 cm³/mol. The largest absolute Gasteiger partial charge is 0.480 e. The van der Waals surface area contributed by atoms with Crippen LogP contribution in [0, 0.1) is 0 Å². The van der Waals surface area contributed by atoms with Crippen LogP contribution in [0.5, 0.6) is 0 Å². The topological polar surface area (TPSA) is 92.4 Å². The van der Waals surface area contributed by atoms with Crippen molar-refractivity contribution in [2.75, 3.05) is 0 Å². The van der Waals surface area contributed by atoms with E-state index in [9.17, 15) is 9.59 Å². The number of carbonyl (C=O) groups excluding carboxylic acids is 1. The van der Waals surface area contributed by atoms with Gasteiger partial charge in [0.15, 0.2) is 0 Å². The maximum Gasteiger partial charge on any atom is 0.329 e. The molecule has 1 amide bonds. The van der Waals surface area contributed by atoms with Crippen molar-refractivity contribution < 1.29 is 14.7 Å². The summed E-state index contributed by atoms with van der Waals surface area (Å²) in [6.07, 6.45) is 0.668. The molecule has 0 fully saturated rings. The molecule has 0 aliphatic carbocycles. The molecule has 4 N–H and O–H groups in total. The molecule has 0 bridgehead atoms. The lowest BCUT2D eigenvalue weighted by Crippen LogP contribution is -2.60. The lowest BCUT2D eigenvalue weighted by molar-refractivity contribution is -0.148. The summed E-state index contributed by atoms with van der Waals surface area (Å²) in [5, 5.41) is 11.6. The maximum absolute atomic E-state index is 11.6. The molecule has 5 nitrogen and oxygen atoms in total. The first kappa shape index (κ1) is 13.9. The Labute approximate surface area is 90.0 Å². The zero-order valence-electron chi connectivity index (χ0n) is 9.76. The molecule has 0 aromatic heterocycles. The third kappa shape index (κ3) is 3.20. The van der Waals surface area contributed by atoms with Gasteiger partial charge in [0.2, 0.25) is 5.91 Å². The molecule has 0 aromatic carbocycles. The monoisotopic (exact) mass is 216 g/mol. The number of carboxylic acid groups (broad SMARTS) is 1.